The maximum absolute atomic E-state index is 13.1. The molecule has 0 saturated carbocycles. The van der Waals surface area contributed by atoms with Crippen LogP contribution in [0.3, 0.4) is 0 Å². The first-order valence-electron chi connectivity index (χ1n) is 6.82. The van der Waals surface area contributed by atoms with Gasteiger partial charge in [0, 0.05) is 18.5 Å². The SMILES string of the molecule is COc1ccccc1CC1(c2ccc(F)cc2)CNC1. The predicted octanol–water partition coefficient (Wildman–Crippen LogP) is 2.92. The normalized spacial score (nSPS) is 16.5. The van der Waals surface area contributed by atoms with E-state index in [2.05, 4.69) is 11.4 Å². The molecule has 1 aliphatic heterocycles. The van der Waals surface area contributed by atoms with Crippen LogP contribution in [-0.4, -0.2) is 20.2 Å². The highest BCUT2D eigenvalue weighted by Crippen LogP contribution is 2.35. The fraction of sp³-hybridized carbons (Fsp3) is 0.294. The van der Waals surface area contributed by atoms with Gasteiger partial charge in [0.15, 0.2) is 0 Å². The lowest BCUT2D eigenvalue weighted by Crippen LogP contribution is -2.58. The van der Waals surface area contributed by atoms with E-state index in [0.717, 1.165) is 25.3 Å². The predicted molar refractivity (Wildman–Crippen MR) is 77.6 cm³/mol. The summed E-state index contributed by atoms with van der Waals surface area (Å²) in [6.07, 6.45) is 0.898. The van der Waals surface area contributed by atoms with Gasteiger partial charge < -0.3 is 10.1 Å². The molecule has 1 saturated heterocycles. The van der Waals surface area contributed by atoms with E-state index >= 15 is 0 Å². The Morgan fingerprint density at radius 2 is 1.80 bits per heavy atom. The maximum Gasteiger partial charge on any atom is 0.123 e. The number of ether oxygens (including phenoxy) is 1. The fourth-order valence-electron chi connectivity index (χ4n) is 2.87. The number of halogens is 1. The summed E-state index contributed by atoms with van der Waals surface area (Å²) in [5.41, 5.74) is 2.42. The summed E-state index contributed by atoms with van der Waals surface area (Å²) in [6, 6.07) is 15.0. The molecule has 0 atom stereocenters. The molecule has 1 fully saturated rings. The lowest BCUT2D eigenvalue weighted by atomic mass is 9.71. The quantitative estimate of drug-likeness (QED) is 0.923. The van der Waals surface area contributed by atoms with Gasteiger partial charge in [0.25, 0.3) is 0 Å². The molecule has 2 aromatic rings. The second-order valence-electron chi connectivity index (χ2n) is 5.38. The van der Waals surface area contributed by atoms with E-state index in [9.17, 15) is 4.39 Å². The number of rotatable bonds is 4. The van der Waals surface area contributed by atoms with Crippen LogP contribution in [0.25, 0.3) is 0 Å². The number of hydrogen-bond donors (Lipinski definition) is 1. The van der Waals surface area contributed by atoms with Crippen molar-refractivity contribution in [3.05, 3.63) is 65.5 Å². The third-order valence-corrected chi connectivity index (χ3v) is 4.10. The molecule has 104 valence electrons. The smallest absolute Gasteiger partial charge is 0.123 e. The Bertz CT molecular complexity index is 590. The van der Waals surface area contributed by atoms with Crippen LogP contribution in [0.5, 0.6) is 5.75 Å². The molecule has 1 aliphatic rings. The topological polar surface area (TPSA) is 21.3 Å². The summed E-state index contributed by atoms with van der Waals surface area (Å²) in [5.74, 6) is 0.731. The summed E-state index contributed by atoms with van der Waals surface area (Å²) >= 11 is 0. The highest BCUT2D eigenvalue weighted by molar-refractivity contribution is 5.39. The molecule has 0 unspecified atom stereocenters. The molecule has 20 heavy (non-hydrogen) atoms. The van der Waals surface area contributed by atoms with Crippen molar-refractivity contribution in [3.63, 3.8) is 0 Å². The number of para-hydroxylation sites is 1. The first-order valence-corrected chi connectivity index (χ1v) is 6.82. The van der Waals surface area contributed by atoms with Crippen molar-refractivity contribution in [2.45, 2.75) is 11.8 Å². The first kappa shape index (κ1) is 13.1. The van der Waals surface area contributed by atoms with Gasteiger partial charge in [0.2, 0.25) is 0 Å². The molecule has 0 amide bonds. The second kappa shape index (κ2) is 5.25. The van der Waals surface area contributed by atoms with Crippen molar-refractivity contribution in [3.8, 4) is 5.75 Å². The van der Waals surface area contributed by atoms with Crippen molar-refractivity contribution in [2.75, 3.05) is 20.2 Å². The summed E-state index contributed by atoms with van der Waals surface area (Å²) in [4.78, 5) is 0. The Labute approximate surface area is 118 Å². The molecule has 3 heteroatoms. The van der Waals surface area contributed by atoms with Crippen molar-refractivity contribution in [1.29, 1.82) is 0 Å². The van der Waals surface area contributed by atoms with E-state index in [0.29, 0.717) is 0 Å². The van der Waals surface area contributed by atoms with Gasteiger partial charge >= 0.3 is 0 Å². The van der Waals surface area contributed by atoms with Crippen LogP contribution in [0, 0.1) is 5.82 Å². The average molecular weight is 271 g/mol. The Morgan fingerprint density at radius 3 is 2.40 bits per heavy atom. The minimum absolute atomic E-state index is 0.0440. The Kier molecular flexibility index (Phi) is 3.45. The van der Waals surface area contributed by atoms with Crippen LogP contribution in [0.15, 0.2) is 48.5 Å². The molecule has 0 spiro atoms. The van der Waals surface area contributed by atoms with Crippen LogP contribution < -0.4 is 10.1 Å². The average Bonchev–Trinajstić information content (AvgIpc) is 2.44. The van der Waals surface area contributed by atoms with E-state index in [1.54, 1.807) is 7.11 Å². The molecule has 1 N–H and O–H groups in total. The molecule has 0 bridgehead atoms. The number of benzene rings is 2. The minimum Gasteiger partial charge on any atom is -0.496 e. The van der Waals surface area contributed by atoms with Crippen molar-refractivity contribution < 1.29 is 9.13 Å². The van der Waals surface area contributed by atoms with Crippen LogP contribution in [0.2, 0.25) is 0 Å². The lowest BCUT2D eigenvalue weighted by Gasteiger charge is -2.43. The van der Waals surface area contributed by atoms with Crippen LogP contribution in [0.4, 0.5) is 4.39 Å². The summed E-state index contributed by atoms with van der Waals surface area (Å²) in [5, 5.41) is 3.34. The lowest BCUT2D eigenvalue weighted by molar-refractivity contribution is 0.271. The highest BCUT2D eigenvalue weighted by atomic mass is 19.1. The van der Waals surface area contributed by atoms with Gasteiger partial charge in [-0.25, -0.2) is 4.39 Å². The third kappa shape index (κ3) is 2.29. The summed E-state index contributed by atoms with van der Waals surface area (Å²) in [7, 11) is 1.70. The van der Waals surface area contributed by atoms with E-state index < -0.39 is 0 Å². The number of nitrogens with one attached hydrogen (secondary N) is 1. The zero-order chi connectivity index (χ0) is 14.0. The van der Waals surface area contributed by atoms with Crippen LogP contribution in [0.1, 0.15) is 11.1 Å². The van der Waals surface area contributed by atoms with Gasteiger partial charge in [-0.3, -0.25) is 0 Å². The fourth-order valence-corrected chi connectivity index (χ4v) is 2.87. The van der Waals surface area contributed by atoms with E-state index in [4.69, 9.17) is 4.74 Å². The van der Waals surface area contributed by atoms with E-state index in [1.165, 1.54) is 23.3 Å². The van der Waals surface area contributed by atoms with E-state index in [-0.39, 0.29) is 11.2 Å². The van der Waals surface area contributed by atoms with Gasteiger partial charge in [-0.1, -0.05) is 30.3 Å². The van der Waals surface area contributed by atoms with Crippen LogP contribution >= 0.6 is 0 Å². The maximum atomic E-state index is 13.1. The minimum atomic E-state index is -0.187. The molecule has 2 nitrogen and oxygen atoms in total. The molecular weight excluding hydrogens is 253 g/mol. The largest absolute Gasteiger partial charge is 0.496 e. The van der Waals surface area contributed by atoms with Gasteiger partial charge in [0.1, 0.15) is 11.6 Å². The first-order chi connectivity index (χ1) is 9.73. The molecular formula is C17H18FNO. The van der Waals surface area contributed by atoms with Gasteiger partial charge in [-0.15, -0.1) is 0 Å². The molecule has 0 radical (unpaired) electrons. The number of hydrogen-bond acceptors (Lipinski definition) is 2. The molecule has 0 aromatic heterocycles. The van der Waals surface area contributed by atoms with Crippen molar-refractivity contribution >= 4 is 0 Å². The Hall–Kier alpha value is -1.87. The zero-order valence-electron chi connectivity index (χ0n) is 11.5. The third-order valence-electron chi connectivity index (χ3n) is 4.10. The monoisotopic (exact) mass is 271 g/mol. The van der Waals surface area contributed by atoms with Crippen molar-refractivity contribution in [2.24, 2.45) is 0 Å². The van der Waals surface area contributed by atoms with Gasteiger partial charge in [0.05, 0.1) is 7.11 Å². The summed E-state index contributed by atoms with van der Waals surface area (Å²) < 4.78 is 18.5. The molecule has 0 aliphatic carbocycles. The molecule has 2 aromatic carbocycles. The van der Waals surface area contributed by atoms with Gasteiger partial charge in [-0.05, 0) is 35.7 Å². The van der Waals surface area contributed by atoms with Crippen molar-refractivity contribution in [1.82, 2.24) is 5.32 Å². The Balaban J connectivity index is 1.92. The Morgan fingerprint density at radius 1 is 1.10 bits per heavy atom. The standard InChI is InChI=1S/C17H18FNO/c1-20-16-5-3-2-4-13(16)10-17(11-19-12-17)14-6-8-15(18)9-7-14/h2-9,19H,10-12H2,1H3. The number of methoxy groups -OCH3 is 1. The van der Waals surface area contributed by atoms with Crippen LogP contribution in [-0.2, 0) is 11.8 Å². The molecule has 3 rings (SSSR count). The zero-order valence-corrected chi connectivity index (χ0v) is 11.5. The van der Waals surface area contributed by atoms with Gasteiger partial charge in [-0.2, -0.15) is 0 Å². The van der Waals surface area contributed by atoms with E-state index in [1.807, 2.05) is 30.3 Å². The second-order valence-corrected chi connectivity index (χ2v) is 5.38. The highest BCUT2D eigenvalue weighted by Gasteiger charge is 2.39. The molecule has 1 heterocycles. The summed E-state index contributed by atoms with van der Waals surface area (Å²) in [6.45, 7) is 1.83.